The monoisotopic (exact) mass is 294 g/mol. The van der Waals surface area contributed by atoms with Gasteiger partial charge < -0.3 is 4.55 Å². The molecule has 0 fully saturated rings. The van der Waals surface area contributed by atoms with Crippen LogP contribution in [-0.2, 0) is 20.2 Å². The van der Waals surface area contributed by atoms with Gasteiger partial charge in [-0.25, -0.2) is 8.42 Å². The lowest BCUT2D eigenvalue weighted by atomic mass is 10.2. The van der Waals surface area contributed by atoms with Crippen molar-refractivity contribution in [2.45, 2.75) is 11.8 Å². The van der Waals surface area contributed by atoms with Gasteiger partial charge in [0.25, 0.3) is 10.1 Å². The number of hydrogen-bond acceptors (Lipinski definition) is 6. The maximum atomic E-state index is 10.6. The van der Waals surface area contributed by atoms with Crippen molar-refractivity contribution in [2.75, 3.05) is 6.26 Å². The van der Waals surface area contributed by atoms with E-state index in [2.05, 4.69) is 4.98 Å². The third kappa shape index (κ3) is 6.92. The van der Waals surface area contributed by atoms with Crippen LogP contribution in [0.25, 0.3) is 4.98 Å². The van der Waals surface area contributed by atoms with Crippen molar-refractivity contribution < 1.29 is 25.9 Å². The van der Waals surface area contributed by atoms with Gasteiger partial charge in [-0.3, -0.25) is 4.55 Å². The minimum atomic E-state index is -4.57. The van der Waals surface area contributed by atoms with Gasteiger partial charge in [0.05, 0.1) is 6.26 Å². The normalized spacial score (nSPS) is 11.1. The molecule has 0 aliphatic carbocycles. The first-order valence-corrected chi connectivity index (χ1v) is 7.55. The third-order valence-corrected chi connectivity index (χ3v) is 2.38. The zero-order valence-electron chi connectivity index (χ0n) is 9.43. The molecule has 1 rings (SSSR count). The molecule has 0 aromatic heterocycles. The predicted molar refractivity (Wildman–Crippen MR) is 61.4 cm³/mol. The van der Waals surface area contributed by atoms with Crippen LogP contribution in [0.15, 0.2) is 23.1 Å². The average molecular weight is 294 g/mol. The molecule has 0 bridgehead atoms. The van der Waals surface area contributed by atoms with E-state index in [0.29, 0.717) is 11.8 Å². The summed E-state index contributed by atoms with van der Waals surface area (Å²) in [7, 11) is -8.23. The highest BCUT2D eigenvalue weighted by Crippen LogP contribution is 2.24. The summed E-state index contributed by atoms with van der Waals surface area (Å²) in [4.78, 5) is 2.21. The third-order valence-electron chi connectivity index (χ3n) is 1.49. The maximum Gasteiger partial charge on any atom is 0.402 e. The summed E-state index contributed by atoms with van der Waals surface area (Å²) in [6.45, 7) is 1.69. The molecule has 0 saturated heterocycles. The van der Waals surface area contributed by atoms with Gasteiger partial charge in [-0.1, -0.05) is 6.07 Å². The van der Waals surface area contributed by atoms with Gasteiger partial charge in [-0.05, 0) is 18.6 Å². The highest BCUT2D eigenvalue weighted by Gasteiger charge is 2.18. The Morgan fingerprint density at radius 3 is 2.06 bits per heavy atom. The minimum Gasteiger partial charge on any atom is -0.744 e. The maximum absolute atomic E-state index is 10.6. The fourth-order valence-corrected chi connectivity index (χ4v) is 1.51. The second kappa shape index (κ2) is 5.87. The molecular weight excluding hydrogens is 284 g/mol. The van der Waals surface area contributed by atoms with Crippen molar-refractivity contribution >= 4 is 25.9 Å². The Labute approximate surface area is 104 Å². The van der Waals surface area contributed by atoms with E-state index in [0.717, 1.165) is 6.07 Å². The molecule has 0 heterocycles. The van der Waals surface area contributed by atoms with Gasteiger partial charge in [-0.2, -0.15) is 8.42 Å². The van der Waals surface area contributed by atoms with Crippen LogP contribution in [0.1, 0.15) is 5.56 Å². The first-order valence-electron chi connectivity index (χ1n) is 4.29. The van der Waals surface area contributed by atoms with E-state index in [-0.39, 0.29) is 5.69 Å². The van der Waals surface area contributed by atoms with E-state index >= 15 is 0 Å². The molecule has 18 heavy (non-hydrogen) atoms. The van der Waals surface area contributed by atoms with Gasteiger partial charge in [0.1, 0.15) is 15.0 Å². The quantitative estimate of drug-likeness (QED) is 0.599. The Morgan fingerprint density at radius 1 is 1.28 bits per heavy atom. The van der Waals surface area contributed by atoms with E-state index in [1.165, 1.54) is 12.1 Å². The largest absolute Gasteiger partial charge is 0.744 e. The lowest BCUT2D eigenvalue weighted by Gasteiger charge is -2.03. The van der Waals surface area contributed by atoms with Crippen LogP contribution >= 0.6 is 0 Å². The van der Waals surface area contributed by atoms with Gasteiger partial charge in [-0.15, -0.1) is 0 Å². The van der Waals surface area contributed by atoms with Crippen molar-refractivity contribution in [3.8, 4) is 0 Å². The predicted octanol–water partition coefficient (Wildman–Crippen LogP) is 0.888. The van der Waals surface area contributed by atoms with E-state index in [4.69, 9.17) is 9.95 Å². The fraction of sp³-hybridized carbons (Fsp3) is 0.250. The summed E-state index contributed by atoms with van der Waals surface area (Å²) in [6.07, 6.45) is 0.715. The van der Waals surface area contributed by atoms with Crippen LogP contribution in [0.5, 0.6) is 0 Å². The summed E-state index contributed by atoms with van der Waals surface area (Å²) >= 11 is 0. The van der Waals surface area contributed by atoms with Crippen LogP contribution < -0.4 is 0 Å². The Hall–Kier alpha value is -1.54. The Bertz CT molecular complexity index is 664. The van der Waals surface area contributed by atoms with Crippen LogP contribution in [0.3, 0.4) is 0 Å². The molecular formula is C8H10N2O6S2. The molecule has 100 valence electrons. The second-order valence-corrected chi connectivity index (χ2v) is 6.07. The number of aryl methyl sites for hydroxylation is 1. The molecule has 10 heteroatoms. The van der Waals surface area contributed by atoms with Crippen LogP contribution in [-0.4, -0.2) is 32.2 Å². The number of diazo groups is 1. The molecule has 8 nitrogen and oxygen atoms in total. The fourth-order valence-electron chi connectivity index (χ4n) is 0.917. The molecule has 1 aromatic carbocycles. The molecule has 0 atom stereocenters. The minimum absolute atomic E-state index is 0.227. The van der Waals surface area contributed by atoms with Gasteiger partial charge in [0.2, 0.25) is 5.39 Å². The van der Waals surface area contributed by atoms with E-state index in [1.807, 2.05) is 0 Å². The average Bonchev–Trinajstić information content (AvgIpc) is 2.12. The highest BCUT2D eigenvalue weighted by molar-refractivity contribution is 7.86. The molecule has 1 aromatic rings. The van der Waals surface area contributed by atoms with E-state index in [9.17, 15) is 21.4 Å². The van der Waals surface area contributed by atoms with Crippen LogP contribution in [0.4, 0.5) is 5.69 Å². The summed E-state index contributed by atoms with van der Waals surface area (Å²) in [6, 6.07) is 3.89. The smallest absolute Gasteiger partial charge is 0.402 e. The van der Waals surface area contributed by atoms with Gasteiger partial charge in [0, 0.05) is 6.07 Å². The van der Waals surface area contributed by atoms with Crippen molar-refractivity contribution in [1.29, 1.82) is 5.39 Å². The number of rotatable bonds is 1. The molecule has 0 aliphatic rings. The zero-order chi connectivity index (χ0) is 14.6. The van der Waals surface area contributed by atoms with E-state index < -0.39 is 25.1 Å². The Balaban J connectivity index is 0.000000494. The van der Waals surface area contributed by atoms with Crippen LogP contribution in [0, 0.1) is 12.3 Å². The topological polar surface area (TPSA) is 140 Å². The van der Waals surface area contributed by atoms with Crippen molar-refractivity contribution in [3.05, 3.63) is 28.7 Å². The van der Waals surface area contributed by atoms with Gasteiger partial charge in [0.15, 0.2) is 4.98 Å². The highest BCUT2D eigenvalue weighted by atomic mass is 32.2. The zero-order valence-corrected chi connectivity index (χ0v) is 11.1. The molecule has 0 spiro atoms. The Morgan fingerprint density at radius 2 is 1.72 bits per heavy atom. The number of nitrogens with zero attached hydrogens (tertiary/aromatic N) is 2. The van der Waals surface area contributed by atoms with Crippen LogP contribution in [0.2, 0.25) is 0 Å². The van der Waals surface area contributed by atoms with E-state index in [1.54, 1.807) is 6.92 Å². The lowest BCUT2D eigenvalue weighted by Crippen LogP contribution is -1.98. The number of hydrogen-bond donors (Lipinski definition) is 1. The first kappa shape index (κ1) is 16.5. The number of benzene rings is 1. The summed E-state index contributed by atoms with van der Waals surface area (Å²) in [5, 5.41) is 8.43. The second-order valence-electron chi connectivity index (χ2n) is 3.26. The van der Waals surface area contributed by atoms with Crippen molar-refractivity contribution in [2.24, 2.45) is 0 Å². The standard InChI is InChI=1S/C7H6N2O3S.CH4O3S/c1-5-2-3-7(13(10,11)12)6(4-5)9-8;1-5(2,3)4/h2-4H,1H3;1H3,(H,2,3,4). The SMILES string of the molecule is CS(=O)(=O)O.Cc1ccc(S(=O)(=O)[O-])c([N+]#N)c1. The summed E-state index contributed by atoms with van der Waals surface area (Å²) in [5.41, 5.74) is 0.482. The summed E-state index contributed by atoms with van der Waals surface area (Å²) in [5.74, 6) is 0. The van der Waals surface area contributed by atoms with Crippen molar-refractivity contribution in [1.82, 2.24) is 0 Å². The lowest BCUT2D eigenvalue weighted by molar-refractivity contribution is 0.463. The Kier molecular flexibility index (Phi) is 5.37. The summed E-state index contributed by atoms with van der Waals surface area (Å²) < 4.78 is 57.7. The molecule has 0 aliphatic heterocycles. The molecule has 0 amide bonds. The molecule has 1 N–H and O–H groups in total. The van der Waals surface area contributed by atoms with Gasteiger partial charge >= 0.3 is 5.69 Å². The first-order chi connectivity index (χ1) is 7.95. The molecule has 0 unspecified atom stereocenters. The molecule has 0 saturated carbocycles. The molecule has 0 radical (unpaired) electrons. The van der Waals surface area contributed by atoms with Crippen molar-refractivity contribution in [3.63, 3.8) is 0 Å².